The molecule has 0 aromatic heterocycles. The number of benzene rings is 2. The highest BCUT2D eigenvalue weighted by molar-refractivity contribution is 7.89. The number of rotatable bonds is 4. The lowest BCUT2D eigenvalue weighted by atomic mass is 10.0. The molecular weight excluding hydrogens is 344 g/mol. The van der Waals surface area contributed by atoms with Gasteiger partial charge >= 0.3 is 6.09 Å². The summed E-state index contributed by atoms with van der Waals surface area (Å²) in [4.78, 5) is 11.9. The predicted octanol–water partition coefficient (Wildman–Crippen LogP) is 1.56. The van der Waals surface area contributed by atoms with E-state index in [2.05, 4.69) is 5.32 Å². The van der Waals surface area contributed by atoms with E-state index in [0.717, 1.165) is 5.56 Å². The maximum atomic E-state index is 11.9. The molecule has 0 fully saturated rings. The maximum absolute atomic E-state index is 11.9. The van der Waals surface area contributed by atoms with Gasteiger partial charge in [-0.2, -0.15) is 0 Å². The zero-order chi connectivity index (χ0) is 17.9. The van der Waals surface area contributed by atoms with Crippen molar-refractivity contribution < 1.29 is 22.7 Å². The molecule has 0 bridgehead atoms. The van der Waals surface area contributed by atoms with Crippen LogP contribution in [0.5, 0.6) is 5.75 Å². The van der Waals surface area contributed by atoms with Crippen LogP contribution in [-0.4, -0.2) is 27.2 Å². The van der Waals surface area contributed by atoms with E-state index in [9.17, 15) is 13.2 Å². The van der Waals surface area contributed by atoms with Gasteiger partial charge in [-0.05, 0) is 23.6 Å². The van der Waals surface area contributed by atoms with Crippen LogP contribution in [0.25, 0.3) is 0 Å². The van der Waals surface area contributed by atoms with Gasteiger partial charge in [0.15, 0.2) is 0 Å². The minimum Gasteiger partial charge on any atom is -0.490 e. The number of nitrogens with two attached hydrogens (primary N) is 1. The molecule has 0 saturated carbocycles. The van der Waals surface area contributed by atoms with Crippen molar-refractivity contribution in [2.45, 2.75) is 24.0 Å². The number of carbonyl (C=O) groups is 1. The van der Waals surface area contributed by atoms with Gasteiger partial charge in [0.25, 0.3) is 0 Å². The number of nitrogens with one attached hydrogen (secondary N) is 1. The van der Waals surface area contributed by atoms with Crippen molar-refractivity contribution >= 4 is 16.1 Å². The van der Waals surface area contributed by atoms with Gasteiger partial charge in [-0.1, -0.05) is 42.5 Å². The molecule has 132 valence electrons. The third kappa shape index (κ3) is 4.28. The summed E-state index contributed by atoms with van der Waals surface area (Å²) in [6.45, 7) is 0.312. The Hall–Kier alpha value is -2.58. The summed E-state index contributed by atoms with van der Waals surface area (Å²) in [5.41, 5.74) is 1.56. The van der Waals surface area contributed by atoms with E-state index >= 15 is 0 Å². The van der Waals surface area contributed by atoms with Crippen LogP contribution in [0.4, 0.5) is 4.79 Å². The average Bonchev–Trinajstić information content (AvgIpc) is 2.59. The van der Waals surface area contributed by atoms with E-state index in [4.69, 9.17) is 14.6 Å². The Balaban J connectivity index is 1.61. The lowest BCUT2D eigenvalue weighted by Gasteiger charge is -2.27. The Bertz CT molecular complexity index is 868. The average molecular weight is 362 g/mol. The summed E-state index contributed by atoms with van der Waals surface area (Å²) in [7, 11) is -3.86. The number of amides is 1. The highest BCUT2D eigenvalue weighted by Gasteiger charge is 2.27. The van der Waals surface area contributed by atoms with Gasteiger partial charge in [-0.15, -0.1) is 0 Å². The highest BCUT2D eigenvalue weighted by atomic mass is 32.2. The molecule has 0 unspecified atom stereocenters. The van der Waals surface area contributed by atoms with Crippen molar-refractivity contribution in [2.75, 3.05) is 6.61 Å². The number of alkyl carbamates (subject to hydrolysis) is 1. The molecule has 0 spiro atoms. The zero-order valence-corrected chi connectivity index (χ0v) is 14.2. The van der Waals surface area contributed by atoms with E-state index in [1.165, 1.54) is 6.07 Å². The minimum atomic E-state index is -3.86. The van der Waals surface area contributed by atoms with Gasteiger partial charge in [-0.3, -0.25) is 0 Å². The Morgan fingerprint density at radius 1 is 1.20 bits per heavy atom. The number of ether oxygens (including phenoxy) is 2. The lowest BCUT2D eigenvalue weighted by molar-refractivity contribution is 0.128. The molecule has 2 aromatic carbocycles. The number of sulfonamides is 1. The second-order valence-electron chi connectivity index (χ2n) is 5.71. The molecule has 0 aliphatic carbocycles. The number of hydrogen-bond acceptors (Lipinski definition) is 5. The monoisotopic (exact) mass is 362 g/mol. The third-order valence-electron chi connectivity index (χ3n) is 3.80. The van der Waals surface area contributed by atoms with Crippen molar-refractivity contribution in [1.29, 1.82) is 0 Å². The molecule has 25 heavy (non-hydrogen) atoms. The first-order valence-corrected chi connectivity index (χ1v) is 9.23. The molecule has 2 aromatic rings. The van der Waals surface area contributed by atoms with E-state index in [-0.39, 0.29) is 29.9 Å². The summed E-state index contributed by atoms with van der Waals surface area (Å²) in [5, 5.41) is 7.91. The topological polar surface area (TPSA) is 108 Å². The van der Waals surface area contributed by atoms with Crippen LogP contribution in [0.2, 0.25) is 0 Å². The molecule has 1 aliphatic rings. The summed E-state index contributed by atoms with van der Waals surface area (Å²) in [5.74, 6) is 0.251. The Labute approximate surface area is 145 Å². The molecular formula is C17H18N2O5S. The number of para-hydroxylation sites is 1. The van der Waals surface area contributed by atoms with Crippen molar-refractivity contribution in [3.05, 3.63) is 59.7 Å². The van der Waals surface area contributed by atoms with Gasteiger partial charge in [0.1, 0.15) is 23.9 Å². The smallest absolute Gasteiger partial charge is 0.407 e. The first-order chi connectivity index (χ1) is 11.9. The first-order valence-electron chi connectivity index (χ1n) is 7.68. The number of primary sulfonamides is 1. The molecule has 0 saturated heterocycles. The molecule has 3 rings (SSSR count). The predicted molar refractivity (Wildman–Crippen MR) is 90.6 cm³/mol. The number of carbonyl (C=O) groups excluding carboxylic acids is 1. The summed E-state index contributed by atoms with van der Waals surface area (Å²) >= 11 is 0. The molecule has 3 N–H and O–H groups in total. The van der Waals surface area contributed by atoms with Crippen LogP contribution in [-0.2, 0) is 27.8 Å². The van der Waals surface area contributed by atoms with E-state index in [1.807, 2.05) is 30.3 Å². The van der Waals surface area contributed by atoms with E-state index in [0.29, 0.717) is 12.0 Å². The fourth-order valence-corrected chi connectivity index (χ4v) is 3.36. The van der Waals surface area contributed by atoms with Crippen LogP contribution < -0.4 is 15.2 Å². The lowest BCUT2D eigenvalue weighted by Crippen LogP contribution is -2.43. The van der Waals surface area contributed by atoms with Gasteiger partial charge < -0.3 is 14.8 Å². The fraction of sp³-hybridized carbons (Fsp3) is 0.235. The van der Waals surface area contributed by atoms with Crippen molar-refractivity contribution in [1.82, 2.24) is 5.32 Å². The van der Waals surface area contributed by atoms with Crippen LogP contribution in [0, 0.1) is 0 Å². The third-order valence-corrected chi connectivity index (χ3v) is 4.73. The van der Waals surface area contributed by atoms with Crippen molar-refractivity contribution in [2.24, 2.45) is 5.14 Å². The standard InChI is InChI=1S/C17H18N2O5S/c18-25(21,22)15-8-4-7-13-9-14(11-23-16(13)15)19-17(20)24-10-12-5-2-1-3-6-12/h1-8,14H,9-11H2,(H,19,20)(H2,18,21,22)/t14-/m0/s1. The van der Waals surface area contributed by atoms with Crippen LogP contribution in [0.3, 0.4) is 0 Å². The molecule has 7 nitrogen and oxygen atoms in total. The maximum Gasteiger partial charge on any atom is 0.407 e. The second-order valence-corrected chi connectivity index (χ2v) is 7.24. The molecule has 0 radical (unpaired) electrons. The number of hydrogen-bond donors (Lipinski definition) is 2. The Morgan fingerprint density at radius 3 is 2.68 bits per heavy atom. The van der Waals surface area contributed by atoms with Crippen LogP contribution >= 0.6 is 0 Å². The van der Waals surface area contributed by atoms with Gasteiger partial charge in [0, 0.05) is 0 Å². The second kappa shape index (κ2) is 7.12. The van der Waals surface area contributed by atoms with E-state index in [1.54, 1.807) is 12.1 Å². The summed E-state index contributed by atoms with van der Waals surface area (Å²) < 4.78 is 33.9. The van der Waals surface area contributed by atoms with Gasteiger partial charge in [0.05, 0.1) is 6.04 Å². The summed E-state index contributed by atoms with van der Waals surface area (Å²) in [6.07, 6.45) is -0.123. The van der Waals surface area contributed by atoms with Crippen molar-refractivity contribution in [3.63, 3.8) is 0 Å². The Kier molecular flexibility index (Phi) is 4.91. The van der Waals surface area contributed by atoms with Gasteiger partial charge in [-0.25, -0.2) is 18.4 Å². The minimum absolute atomic E-state index is 0.0462. The van der Waals surface area contributed by atoms with Crippen LogP contribution in [0.1, 0.15) is 11.1 Å². The molecule has 8 heteroatoms. The quantitative estimate of drug-likeness (QED) is 0.858. The first kappa shape index (κ1) is 17.2. The molecule has 1 amide bonds. The molecule has 1 heterocycles. The highest BCUT2D eigenvalue weighted by Crippen LogP contribution is 2.31. The van der Waals surface area contributed by atoms with Gasteiger partial charge in [0.2, 0.25) is 10.0 Å². The van der Waals surface area contributed by atoms with Crippen LogP contribution in [0.15, 0.2) is 53.4 Å². The SMILES string of the molecule is NS(=O)(=O)c1cccc2c1OC[C@@H](NC(=O)OCc1ccccc1)C2. The zero-order valence-electron chi connectivity index (χ0n) is 13.3. The van der Waals surface area contributed by atoms with Crippen molar-refractivity contribution in [3.8, 4) is 5.75 Å². The summed E-state index contributed by atoms with van der Waals surface area (Å²) in [6, 6.07) is 13.8. The Morgan fingerprint density at radius 2 is 1.96 bits per heavy atom. The fourth-order valence-electron chi connectivity index (χ4n) is 2.64. The largest absolute Gasteiger partial charge is 0.490 e. The number of fused-ring (bicyclic) bond motifs is 1. The molecule has 1 aliphatic heterocycles. The van der Waals surface area contributed by atoms with E-state index < -0.39 is 16.1 Å². The molecule has 1 atom stereocenters. The normalized spacial score (nSPS) is 16.4.